The minimum Gasteiger partial charge on any atom is -0.495 e. The van der Waals surface area contributed by atoms with Crippen LogP contribution in [-0.4, -0.2) is 40.8 Å². The number of halogens is 1. The summed E-state index contributed by atoms with van der Waals surface area (Å²) in [6, 6.07) is 2.70. The maximum Gasteiger partial charge on any atom is 0.257 e. The molecule has 1 aromatic rings. The van der Waals surface area contributed by atoms with Crippen LogP contribution in [0, 0.1) is 0 Å². The highest BCUT2D eigenvalue weighted by Crippen LogP contribution is 2.30. The van der Waals surface area contributed by atoms with Crippen LogP contribution < -0.4 is 4.74 Å². The van der Waals surface area contributed by atoms with Gasteiger partial charge in [0.25, 0.3) is 5.91 Å². The van der Waals surface area contributed by atoms with E-state index in [-0.39, 0.29) is 27.1 Å². The molecule has 94 valence electrons. The van der Waals surface area contributed by atoms with Crippen molar-refractivity contribution in [2.45, 2.75) is 4.90 Å². The fourth-order valence-electron chi connectivity index (χ4n) is 1.31. The second-order valence-electron chi connectivity index (χ2n) is 3.43. The van der Waals surface area contributed by atoms with E-state index < -0.39 is 11.1 Å². The predicted octanol–water partition coefficient (Wildman–Crippen LogP) is 1.63. The first kappa shape index (κ1) is 14.0. The lowest BCUT2D eigenvalue weighted by molar-refractivity contribution is 0.0824. The molecule has 1 unspecified atom stereocenters. The Morgan fingerprint density at radius 1 is 1.47 bits per heavy atom. The molecule has 0 aromatic heterocycles. The fraction of sp³-hybridized carbons (Fsp3) is 0.300. The van der Waals surface area contributed by atoms with Gasteiger partial charge in [0.15, 0.2) is 11.1 Å². The smallest absolute Gasteiger partial charge is 0.257 e. The number of ether oxygens (including phenoxy) is 1. The van der Waals surface area contributed by atoms with Gasteiger partial charge in [-0.25, -0.2) is 4.21 Å². The number of carbonyl (C=O) groups is 1. The second kappa shape index (κ2) is 5.48. The molecule has 0 aliphatic carbocycles. The van der Waals surface area contributed by atoms with Crippen LogP contribution in [-0.2, 0) is 11.1 Å². The molecule has 17 heavy (non-hydrogen) atoms. The highest BCUT2D eigenvalue weighted by atomic mass is 35.5. The first-order chi connectivity index (χ1) is 7.88. The van der Waals surface area contributed by atoms with Gasteiger partial charge in [-0.05, 0) is 12.1 Å². The van der Waals surface area contributed by atoms with Gasteiger partial charge in [0.1, 0.15) is 10.6 Å². The van der Waals surface area contributed by atoms with Gasteiger partial charge in [-0.2, -0.15) is 0 Å². The fourth-order valence-corrected chi connectivity index (χ4v) is 2.17. The zero-order valence-electron chi connectivity index (χ0n) is 9.56. The summed E-state index contributed by atoms with van der Waals surface area (Å²) in [5.41, 5.74) is 0.155. The Labute approximate surface area is 107 Å². The summed E-state index contributed by atoms with van der Waals surface area (Å²) in [4.78, 5) is 13.2. The highest BCUT2D eigenvalue weighted by molar-refractivity contribution is 7.79. The van der Waals surface area contributed by atoms with E-state index in [0.29, 0.717) is 0 Å². The third-order valence-electron chi connectivity index (χ3n) is 2.05. The topological polar surface area (TPSA) is 66.8 Å². The molecule has 0 radical (unpaired) electrons. The number of hydrogen-bond donors (Lipinski definition) is 1. The minimum absolute atomic E-state index is 0.0230. The lowest BCUT2D eigenvalue weighted by atomic mass is 10.2. The van der Waals surface area contributed by atoms with Crippen molar-refractivity contribution >= 4 is 28.6 Å². The van der Waals surface area contributed by atoms with Crippen LogP contribution in [0.2, 0.25) is 5.02 Å². The Hall–Kier alpha value is -1.11. The number of hydrogen-bond acceptors (Lipinski definition) is 3. The third-order valence-corrected chi connectivity index (χ3v) is 2.95. The number of methoxy groups -OCH3 is 1. The summed E-state index contributed by atoms with van der Waals surface area (Å²) in [7, 11) is 4.46. The summed E-state index contributed by atoms with van der Waals surface area (Å²) < 4.78 is 25.2. The summed E-state index contributed by atoms with van der Waals surface area (Å²) in [6.07, 6.45) is 0. The van der Waals surface area contributed by atoms with Crippen LogP contribution in [0.5, 0.6) is 5.75 Å². The molecule has 0 spiro atoms. The first-order valence-electron chi connectivity index (χ1n) is 4.58. The van der Waals surface area contributed by atoms with Gasteiger partial charge < -0.3 is 14.2 Å². The molecule has 1 N–H and O–H groups in total. The van der Waals surface area contributed by atoms with Crippen molar-refractivity contribution in [3.05, 3.63) is 22.7 Å². The molecule has 0 heterocycles. The maximum atomic E-state index is 11.9. The van der Waals surface area contributed by atoms with Gasteiger partial charge in [0, 0.05) is 19.1 Å². The molecule has 1 aromatic carbocycles. The lowest BCUT2D eigenvalue weighted by Gasteiger charge is -2.15. The predicted molar refractivity (Wildman–Crippen MR) is 65.1 cm³/mol. The van der Waals surface area contributed by atoms with E-state index in [1.807, 2.05) is 0 Å². The van der Waals surface area contributed by atoms with Crippen molar-refractivity contribution < 1.29 is 18.3 Å². The van der Waals surface area contributed by atoms with Gasteiger partial charge >= 0.3 is 0 Å². The molecule has 0 aliphatic rings. The molecular formula is C10H12ClNO4S. The Bertz CT molecular complexity index is 476. The molecule has 0 saturated heterocycles. The number of amides is 1. The largest absolute Gasteiger partial charge is 0.495 e. The Morgan fingerprint density at radius 3 is 2.47 bits per heavy atom. The van der Waals surface area contributed by atoms with Crippen molar-refractivity contribution in [1.29, 1.82) is 0 Å². The number of carbonyl (C=O) groups excluding carboxylic acids is 1. The van der Waals surface area contributed by atoms with E-state index >= 15 is 0 Å². The molecule has 0 bridgehead atoms. The van der Waals surface area contributed by atoms with Crippen molar-refractivity contribution in [2.75, 3.05) is 21.2 Å². The molecule has 0 aliphatic heterocycles. The van der Waals surface area contributed by atoms with Crippen molar-refractivity contribution in [3.8, 4) is 5.75 Å². The number of nitrogens with zero attached hydrogens (tertiary/aromatic N) is 1. The zero-order chi connectivity index (χ0) is 13.2. The van der Waals surface area contributed by atoms with Crippen molar-refractivity contribution in [2.24, 2.45) is 0 Å². The molecule has 0 fully saturated rings. The maximum absolute atomic E-state index is 11.9. The second-order valence-corrected chi connectivity index (χ2v) is 4.81. The van der Waals surface area contributed by atoms with Gasteiger partial charge in [-0.1, -0.05) is 11.6 Å². The first-order valence-corrected chi connectivity index (χ1v) is 6.07. The summed E-state index contributed by atoms with van der Waals surface area (Å²) in [5.74, 6) is -0.287. The van der Waals surface area contributed by atoms with Gasteiger partial charge in [-0.15, -0.1) is 0 Å². The zero-order valence-corrected chi connectivity index (χ0v) is 11.1. The normalized spacial score (nSPS) is 12.1. The SMILES string of the molecule is COc1c(C(=O)N(C)C)cc(Cl)cc1S(=O)O. The Morgan fingerprint density at radius 2 is 2.06 bits per heavy atom. The summed E-state index contributed by atoms with van der Waals surface area (Å²) in [6.45, 7) is 0. The lowest BCUT2D eigenvalue weighted by Crippen LogP contribution is -2.22. The van der Waals surface area contributed by atoms with Crippen LogP contribution in [0.4, 0.5) is 0 Å². The van der Waals surface area contributed by atoms with Crippen LogP contribution in [0.25, 0.3) is 0 Å². The summed E-state index contributed by atoms with van der Waals surface area (Å²) in [5, 5.41) is 0.202. The van der Waals surface area contributed by atoms with Gasteiger partial charge in [-0.3, -0.25) is 4.79 Å². The number of rotatable bonds is 3. The minimum atomic E-state index is -2.27. The molecule has 1 rings (SSSR count). The Kier molecular flexibility index (Phi) is 4.50. The average Bonchev–Trinajstić information content (AvgIpc) is 2.26. The highest BCUT2D eigenvalue weighted by Gasteiger charge is 2.21. The van der Waals surface area contributed by atoms with E-state index in [1.165, 1.54) is 24.1 Å². The van der Waals surface area contributed by atoms with Crippen molar-refractivity contribution in [1.82, 2.24) is 4.90 Å². The molecule has 5 nitrogen and oxygen atoms in total. The molecule has 1 atom stereocenters. The van der Waals surface area contributed by atoms with E-state index in [0.717, 1.165) is 0 Å². The van der Waals surface area contributed by atoms with Crippen LogP contribution >= 0.6 is 11.6 Å². The van der Waals surface area contributed by atoms with E-state index in [9.17, 15) is 9.00 Å². The standard InChI is InChI=1S/C10H12ClNO4S/c1-12(2)10(13)7-4-6(11)5-8(17(14)15)9(7)16-3/h4-5H,1-3H3,(H,14,15). The Balaban J connectivity index is 3.48. The molecule has 1 amide bonds. The van der Waals surface area contributed by atoms with Gasteiger partial charge in [0.2, 0.25) is 0 Å². The summed E-state index contributed by atoms with van der Waals surface area (Å²) >= 11 is 3.53. The number of benzene rings is 1. The van der Waals surface area contributed by atoms with Crippen molar-refractivity contribution in [3.63, 3.8) is 0 Å². The average molecular weight is 278 g/mol. The molecular weight excluding hydrogens is 266 g/mol. The van der Waals surface area contributed by atoms with Gasteiger partial charge in [0.05, 0.1) is 12.7 Å². The van der Waals surface area contributed by atoms with E-state index in [2.05, 4.69) is 0 Å². The van der Waals surface area contributed by atoms with E-state index in [4.69, 9.17) is 20.9 Å². The molecule has 7 heteroatoms. The molecule has 0 saturated carbocycles. The quantitative estimate of drug-likeness (QED) is 0.853. The van der Waals surface area contributed by atoms with E-state index in [1.54, 1.807) is 14.1 Å². The third kappa shape index (κ3) is 2.96. The van der Waals surface area contributed by atoms with Crippen LogP contribution in [0.3, 0.4) is 0 Å². The van der Waals surface area contributed by atoms with Crippen LogP contribution in [0.15, 0.2) is 17.0 Å². The van der Waals surface area contributed by atoms with Crippen LogP contribution in [0.1, 0.15) is 10.4 Å². The monoisotopic (exact) mass is 277 g/mol.